The lowest BCUT2D eigenvalue weighted by molar-refractivity contribution is 0.423. The molecule has 0 aliphatic heterocycles. The largest absolute Gasteiger partial charge is 0.308 e. The quantitative estimate of drug-likeness (QED) is 0.923. The van der Waals surface area contributed by atoms with E-state index in [-0.39, 0.29) is 5.54 Å². The highest BCUT2D eigenvalue weighted by Gasteiger charge is 2.12. The maximum atomic E-state index is 4.51. The third-order valence-electron chi connectivity index (χ3n) is 3.47. The van der Waals surface area contributed by atoms with Gasteiger partial charge < -0.3 is 5.32 Å². The van der Waals surface area contributed by atoms with Crippen LogP contribution in [0.2, 0.25) is 0 Å². The Morgan fingerprint density at radius 1 is 1.10 bits per heavy atom. The smallest absolute Gasteiger partial charge is 0.0662 e. The molecule has 1 aromatic carbocycles. The van der Waals surface area contributed by atoms with Crippen LogP contribution in [0.5, 0.6) is 0 Å². The summed E-state index contributed by atoms with van der Waals surface area (Å²) in [7, 11) is 0. The van der Waals surface area contributed by atoms with Gasteiger partial charge in [-0.3, -0.25) is 4.68 Å². The Labute approximate surface area is 122 Å². The van der Waals surface area contributed by atoms with Crippen molar-refractivity contribution in [2.45, 2.75) is 53.2 Å². The number of nitrogens with zero attached hydrogens (tertiary/aromatic N) is 2. The molecule has 1 heterocycles. The van der Waals surface area contributed by atoms with Crippen LogP contribution in [0, 0.1) is 13.8 Å². The summed E-state index contributed by atoms with van der Waals surface area (Å²) >= 11 is 0. The van der Waals surface area contributed by atoms with E-state index in [4.69, 9.17) is 0 Å². The summed E-state index contributed by atoms with van der Waals surface area (Å²) in [5.41, 5.74) is 5.22. The minimum atomic E-state index is 0.130. The molecule has 0 saturated carbocycles. The first-order valence-electron chi connectivity index (χ1n) is 7.17. The van der Waals surface area contributed by atoms with Gasteiger partial charge in [0.25, 0.3) is 0 Å². The molecule has 1 aromatic heterocycles. The van der Waals surface area contributed by atoms with Crippen LogP contribution >= 0.6 is 0 Å². The van der Waals surface area contributed by atoms with E-state index in [0.717, 1.165) is 13.1 Å². The summed E-state index contributed by atoms with van der Waals surface area (Å²) in [5, 5.41) is 8.02. The molecular weight excluding hydrogens is 246 g/mol. The number of benzene rings is 1. The van der Waals surface area contributed by atoms with Crippen LogP contribution in [0.15, 0.2) is 30.5 Å². The van der Waals surface area contributed by atoms with Crippen molar-refractivity contribution in [2.75, 3.05) is 0 Å². The Hall–Kier alpha value is -1.61. The van der Waals surface area contributed by atoms with Gasteiger partial charge in [-0.2, -0.15) is 5.10 Å². The molecule has 3 nitrogen and oxygen atoms in total. The fourth-order valence-corrected chi connectivity index (χ4v) is 2.04. The van der Waals surface area contributed by atoms with Crippen molar-refractivity contribution < 1.29 is 0 Å². The van der Waals surface area contributed by atoms with Crippen LogP contribution in [0.4, 0.5) is 0 Å². The number of rotatable bonds is 4. The molecule has 20 heavy (non-hydrogen) atoms. The van der Waals surface area contributed by atoms with E-state index in [0.29, 0.717) is 0 Å². The number of hydrogen-bond donors (Lipinski definition) is 1. The van der Waals surface area contributed by atoms with E-state index in [1.54, 1.807) is 0 Å². The van der Waals surface area contributed by atoms with Crippen LogP contribution in [0.3, 0.4) is 0 Å². The highest BCUT2D eigenvalue weighted by atomic mass is 15.3. The Balaban J connectivity index is 2.07. The Morgan fingerprint density at radius 2 is 1.75 bits per heavy atom. The minimum absolute atomic E-state index is 0.130. The summed E-state index contributed by atoms with van der Waals surface area (Å²) in [5.74, 6) is 0. The maximum absolute atomic E-state index is 4.51. The molecule has 1 N–H and O–H groups in total. The predicted molar refractivity (Wildman–Crippen MR) is 83.8 cm³/mol. The average Bonchev–Trinajstić information content (AvgIpc) is 2.70. The summed E-state index contributed by atoms with van der Waals surface area (Å²) in [6, 6.07) is 8.64. The second kappa shape index (κ2) is 5.80. The first-order chi connectivity index (χ1) is 9.35. The summed E-state index contributed by atoms with van der Waals surface area (Å²) in [6.45, 7) is 12.5. The molecule has 0 atom stereocenters. The first-order valence-corrected chi connectivity index (χ1v) is 7.17. The van der Waals surface area contributed by atoms with Crippen molar-refractivity contribution in [2.24, 2.45) is 0 Å². The van der Waals surface area contributed by atoms with Crippen molar-refractivity contribution >= 4 is 0 Å². The van der Waals surface area contributed by atoms with Crippen molar-refractivity contribution in [3.63, 3.8) is 0 Å². The molecule has 0 aliphatic rings. The van der Waals surface area contributed by atoms with E-state index in [1.807, 2.05) is 6.20 Å². The van der Waals surface area contributed by atoms with Gasteiger partial charge in [0, 0.05) is 23.3 Å². The highest BCUT2D eigenvalue weighted by molar-refractivity contribution is 5.23. The van der Waals surface area contributed by atoms with Gasteiger partial charge in [-0.1, -0.05) is 29.8 Å². The Bertz CT molecular complexity index is 559. The van der Waals surface area contributed by atoms with Crippen LogP contribution < -0.4 is 5.32 Å². The summed E-state index contributed by atoms with van der Waals surface area (Å²) < 4.78 is 2.07. The standard InChI is InChI=1S/C17H25N3/c1-13-6-8-15(9-7-13)12-20-14(2)16(11-19-20)10-18-17(3,4)5/h6-9,11,18H,10,12H2,1-5H3. The predicted octanol–water partition coefficient (Wildman–Crippen LogP) is 3.44. The second-order valence-electron chi connectivity index (χ2n) is 6.50. The van der Waals surface area contributed by atoms with E-state index < -0.39 is 0 Å². The first kappa shape index (κ1) is 14.8. The molecule has 0 spiro atoms. The molecule has 2 aromatic rings. The molecule has 2 rings (SSSR count). The summed E-state index contributed by atoms with van der Waals surface area (Å²) in [6.07, 6.45) is 1.97. The van der Waals surface area contributed by atoms with Gasteiger partial charge in [-0.15, -0.1) is 0 Å². The van der Waals surface area contributed by atoms with Crippen molar-refractivity contribution in [3.05, 3.63) is 52.8 Å². The van der Waals surface area contributed by atoms with Gasteiger partial charge in [-0.25, -0.2) is 0 Å². The highest BCUT2D eigenvalue weighted by Crippen LogP contribution is 2.12. The maximum Gasteiger partial charge on any atom is 0.0662 e. The van der Waals surface area contributed by atoms with E-state index in [2.05, 4.69) is 74.0 Å². The SMILES string of the molecule is Cc1ccc(Cn2ncc(CNC(C)(C)C)c2C)cc1. The molecular formula is C17H25N3. The fraction of sp³-hybridized carbons (Fsp3) is 0.471. The minimum Gasteiger partial charge on any atom is -0.308 e. The van der Waals surface area contributed by atoms with Crippen LogP contribution in [-0.2, 0) is 13.1 Å². The zero-order valence-corrected chi connectivity index (χ0v) is 13.2. The van der Waals surface area contributed by atoms with Crippen molar-refractivity contribution in [3.8, 4) is 0 Å². The zero-order valence-electron chi connectivity index (χ0n) is 13.2. The molecule has 0 aliphatic carbocycles. The molecule has 0 amide bonds. The molecule has 108 valence electrons. The third-order valence-corrected chi connectivity index (χ3v) is 3.47. The van der Waals surface area contributed by atoms with Gasteiger partial charge >= 0.3 is 0 Å². The monoisotopic (exact) mass is 271 g/mol. The van der Waals surface area contributed by atoms with Crippen LogP contribution in [-0.4, -0.2) is 15.3 Å². The van der Waals surface area contributed by atoms with Crippen LogP contribution in [0.1, 0.15) is 43.2 Å². The zero-order chi connectivity index (χ0) is 14.8. The Kier molecular flexibility index (Phi) is 4.29. The molecule has 0 fully saturated rings. The van der Waals surface area contributed by atoms with Gasteiger partial charge in [0.1, 0.15) is 0 Å². The average molecular weight is 271 g/mol. The number of nitrogens with one attached hydrogen (secondary N) is 1. The lowest BCUT2D eigenvalue weighted by Gasteiger charge is -2.20. The lowest BCUT2D eigenvalue weighted by Crippen LogP contribution is -2.35. The lowest BCUT2D eigenvalue weighted by atomic mass is 10.1. The van der Waals surface area contributed by atoms with E-state index in [1.165, 1.54) is 22.4 Å². The van der Waals surface area contributed by atoms with Gasteiger partial charge in [0.2, 0.25) is 0 Å². The Morgan fingerprint density at radius 3 is 2.35 bits per heavy atom. The molecule has 0 bridgehead atoms. The van der Waals surface area contributed by atoms with Crippen molar-refractivity contribution in [1.82, 2.24) is 15.1 Å². The van der Waals surface area contributed by atoms with E-state index in [9.17, 15) is 0 Å². The normalized spacial score (nSPS) is 11.8. The number of aryl methyl sites for hydroxylation is 1. The van der Waals surface area contributed by atoms with E-state index >= 15 is 0 Å². The molecule has 0 radical (unpaired) electrons. The second-order valence-corrected chi connectivity index (χ2v) is 6.50. The summed E-state index contributed by atoms with van der Waals surface area (Å²) in [4.78, 5) is 0. The van der Waals surface area contributed by atoms with Crippen molar-refractivity contribution in [1.29, 1.82) is 0 Å². The fourth-order valence-electron chi connectivity index (χ4n) is 2.04. The van der Waals surface area contributed by atoms with Gasteiger partial charge in [-0.05, 0) is 40.2 Å². The van der Waals surface area contributed by atoms with Gasteiger partial charge in [0.05, 0.1) is 12.7 Å². The molecule has 0 unspecified atom stereocenters. The number of hydrogen-bond acceptors (Lipinski definition) is 2. The molecule has 0 saturated heterocycles. The third kappa shape index (κ3) is 3.94. The number of aromatic nitrogens is 2. The topological polar surface area (TPSA) is 29.9 Å². The van der Waals surface area contributed by atoms with Gasteiger partial charge in [0.15, 0.2) is 0 Å². The molecule has 3 heteroatoms. The van der Waals surface area contributed by atoms with Crippen LogP contribution in [0.25, 0.3) is 0 Å².